The smallest absolute Gasteiger partial charge is 0.339 e. The number of esters is 2. The number of benzene rings is 2. The van der Waals surface area contributed by atoms with Crippen molar-refractivity contribution in [2.45, 2.75) is 0 Å². The van der Waals surface area contributed by atoms with E-state index in [1.54, 1.807) is 6.07 Å². The van der Waals surface area contributed by atoms with E-state index < -0.39 is 17.8 Å². The molecule has 22 heavy (non-hydrogen) atoms. The van der Waals surface area contributed by atoms with Crippen LogP contribution in [0.15, 0.2) is 36.4 Å². The summed E-state index contributed by atoms with van der Waals surface area (Å²) in [6.07, 6.45) is 0. The number of methoxy groups -OCH3 is 2. The maximum Gasteiger partial charge on any atom is 0.339 e. The van der Waals surface area contributed by atoms with Crippen molar-refractivity contribution in [1.29, 1.82) is 0 Å². The van der Waals surface area contributed by atoms with E-state index in [9.17, 15) is 14.0 Å². The van der Waals surface area contributed by atoms with Gasteiger partial charge >= 0.3 is 11.9 Å². The van der Waals surface area contributed by atoms with E-state index >= 15 is 0 Å². The molecule has 0 unspecified atom stereocenters. The molecule has 0 N–H and O–H groups in total. The van der Waals surface area contributed by atoms with Gasteiger partial charge in [0, 0.05) is 0 Å². The Bertz CT molecular complexity index is 743. The van der Waals surface area contributed by atoms with Gasteiger partial charge in [-0.15, -0.1) is 0 Å². The molecule has 0 radical (unpaired) electrons. The molecule has 6 heteroatoms. The van der Waals surface area contributed by atoms with Gasteiger partial charge in [0.1, 0.15) is 5.82 Å². The molecular weight excluding hydrogens is 311 g/mol. The van der Waals surface area contributed by atoms with Crippen LogP contribution in [0.4, 0.5) is 4.39 Å². The zero-order valence-electron chi connectivity index (χ0n) is 11.9. The van der Waals surface area contributed by atoms with Crippen molar-refractivity contribution in [2.75, 3.05) is 14.2 Å². The minimum Gasteiger partial charge on any atom is -0.465 e. The normalized spacial score (nSPS) is 10.2. The Labute approximate surface area is 131 Å². The van der Waals surface area contributed by atoms with Crippen LogP contribution in [0, 0.1) is 5.82 Å². The number of hydrogen-bond donors (Lipinski definition) is 0. The van der Waals surface area contributed by atoms with Gasteiger partial charge in [-0.3, -0.25) is 0 Å². The van der Waals surface area contributed by atoms with Crippen LogP contribution in [0.2, 0.25) is 5.02 Å². The van der Waals surface area contributed by atoms with Gasteiger partial charge in [0.15, 0.2) is 0 Å². The van der Waals surface area contributed by atoms with Crippen molar-refractivity contribution >= 4 is 23.5 Å². The van der Waals surface area contributed by atoms with Crippen LogP contribution in [-0.4, -0.2) is 26.2 Å². The van der Waals surface area contributed by atoms with Gasteiger partial charge in [-0.25, -0.2) is 14.0 Å². The monoisotopic (exact) mass is 322 g/mol. The average Bonchev–Trinajstić information content (AvgIpc) is 2.52. The molecule has 0 atom stereocenters. The number of ether oxygens (including phenoxy) is 2. The number of carbonyl (C=O) groups excluding carboxylic acids is 2. The fraction of sp³-hybridized carbons (Fsp3) is 0.125. The highest BCUT2D eigenvalue weighted by atomic mass is 35.5. The summed E-state index contributed by atoms with van der Waals surface area (Å²) in [7, 11) is 2.47. The van der Waals surface area contributed by atoms with E-state index in [1.807, 2.05) is 0 Å². The maximum atomic E-state index is 13.7. The van der Waals surface area contributed by atoms with Crippen molar-refractivity contribution < 1.29 is 23.5 Å². The quantitative estimate of drug-likeness (QED) is 0.808. The molecule has 0 heterocycles. The molecule has 0 spiro atoms. The lowest BCUT2D eigenvalue weighted by atomic mass is 10.0. The molecule has 4 nitrogen and oxygen atoms in total. The molecule has 114 valence electrons. The molecule has 0 saturated heterocycles. The van der Waals surface area contributed by atoms with Crippen molar-refractivity contribution in [3.63, 3.8) is 0 Å². The van der Waals surface area contributed by atoms with E-state index in [4.69, 9.17) is 11.6 Å². The van der Waals surface area contributed by atoms with E-state index in [2.05, 4.69) is 9.47 Å². The second-order valence-electron chi connectivity index (χ2n) is 4.41. The molecule has 2 aromatic rings. The summed E-state index contributed by atoms with van der Waals surface area (Å²) < 4.78 is 22.8. The second-order valence-corrected chi connectivity index (χ2v) is 4.81. The number of halogens is 2. The Balaban J connectivity index is 2.48. The fourth-order valence-electron chi connectivity index (χ4n) is 1.96. The summed E-state index contributed by atoms with van der Waals surface area (Å²) in [6, 6.07) is 8.40. The lowest BCUT2D eigenvalue weighted by molar-refractivity contribution is 0.0592. The predicted octanol–water partition coefficient (Wildman–Crippen LogP) is 3.72. The van der Waals surface area contributed by atoms with Crippen LogP contribution in [0.3, 0.4) is 0 Å². The first-order valence-corrected chi connectivity index (χ1v) is 6.61. The molecule has 2 aromatic carbocycles. The summed E-state index contributed by atoms with van der Waals surface area (Å²) in [5.74, 6) is -1.78. The van der Waals surface area contributed by atoms with Crippen LogP contribution in [0.5, 0.6) is 0 Å². The summed E-state index contributed by atoms with van der Waals surface area (Å²) in [5, 5.41) is 0.174. The zero-order valence-corrected chi connectivity index (χ0v) is 12.6. The SMILES string of the molecule is COC(=O)c1cc(F)cc(-c2ccc(C(=O)OC)c(Cl)c2)c1. The molecule has 0 aliphatic rings. The third-order valence-corrected chi connectivity index (χ3v) is 3.34. The van der Waals surface area contributed by atoms with Crippen LogP contribution in [-0.2, 0) is 9.47 Å². The Kier molecular flexibility index (Phi) is 4.78. The molecule has 0 amide bonds. The van der Waals surface area contributed by atoms with Crippen molar-refractivity contribution in [3.8, 4) is 11.1 Å². The predicted molar refractivity (Wildman–Crippen MR) is 79.5 cm³/mol. The minimum absolute atomic E-state index is 0.0886. The Hall–Kier alpha value is -2.40. The minimum atomic E-state index is -0.641. The Morgan fingerprint density at radius 2 is 1.64 bits per heavy atom. The van der Waals surface area contributed by atoms with E-state index in [1.165, 1.54) is 38.5 Å². The van der Waals surface area contributed by atoms with Gasteiger partial charge in [0.2, 0.25) is 0 Å². The van der Waals surface area contributed by atoms with Gasteiger partial charge in [-0.2, -0.15) is 0 Å². The highest BCUT2D eigenvalue weighted by molar-refractivity contribution is 6.33. The first-order valence-electron chi connectivity index (χ1n) is 6.23. The summed E-state index contributed by atoms with van der Waals surface area (Å²) in [6.45, 7) is 0. The fourth-order valence-corrected chi connectivity index (χ4v) is 2.22. The summed E-state index contributed by atoms with van der Waals surface area (Å²) in [5.41, 5.74) is 1.30. The second kappa shape index (κ2) is 6.58. The highest BCUT2D eigenvalue weighted by Gasteiger charge is 2.14. The van der Waals surface area contributed by atoms with Crippen LogP contribution >= 0.6 is 11.6 Å². The number of hydrogen-bond acceptors (Lipinski definition) is 4. The molecule has 0 fully saturated rings. The van der Waals surface area contributed by atoms with Crippen molar-refractivity contribution in [3.05, 3.63) is 58.4 Å². The lowest BCUT2D eigenvalue weighted by Crippen LogP contribution is -2.03. The van der Waals surface area contributed by atoms with Gasteiger partial charge in [0.25, 0.3) is 0 Å². The van der Waals surface area contributed by atoms with E-state index in [0.29, 0.717) is 11.1 Å². The molecule has 2 rings (SSSR count). The van der Waals surface area contributed by atoms with E-state index in [0.717, 1.165) is 6.07 Å². The first-order chi connectivity index (χ1) is 10.5. The van der Waals surface area contributed by atoms with Gasteiger partial charge < -0.3 is 9.47 Å². The van der Waals surface area contributed by atoms with Crippen molar-refractivity contribution in [2.24, 2.45) is 0 Å². The first kappa shape index (κ1) is 16.0. The Morgan fingerprint density at radius 3 is 2.23 bits per heavy atom. The van der Waals surface area contributed by atoms with Crippen LogP contribution in [0.1, 0.15) is 20.7 Å². The maximum absolute atomic E-state index is 13.7. The lowest BCUT2D eigenvalue weighted by Gasteiger charge is -2.08. The topological polar surface area (TPSA) is 52.6 Å². The summed E-state index contributed by atoms with van der Waals surface area (Å²) in [4.78, 5) is 23.0. The third-order valence-electron chi connectivity index (χ3n) is 3.03. The standard InChI is InChI=1S/C16H12ClFO4/c1-21-15(19)11-5-10(6-12(18)7-11)9-3-4-13(14(17)8-9)16(20)22-2/h3-8H,1-2H3. The third kappa shape index (κ3) is 3.26. The average molecular weight is 323 g/mol. The van der Waals surface area contributed by atoms with Crippen LogP contribution in [0.25, 0.3) is 11.1 Å². The molecule has 0 aliphatic carbocycles. The van der Waals surface area contributed by atoms with Gasteiger partial charge in [-0.05, 0) is 41.5 Å². The van der Waals surface area contributed by atoms with Gasteiger partial charge in [0.05, 0.1) is 30.4 Å². The molecule has 0 bridgehead atoms. The van der Waals surface area contributed by atoms with Crippen molar-refractivity contribution in [1.82, 2.24) is 0 Å². The van der Waals surface area contributed by atoms with E-state index in [-0.39, 0.29) is 16.1 Å². The molecule has 0 saturated carbocycles. The van der Waals surface area contributed by atoms with Gasteiger partial charge in [-0.1, -0.05) is 17.7 Å². The van der Waals surface area contributed by atoms with Crippen LogP contribution < -0.4 is 0 Å². The number of rotatable bonds is 3. The Morgan fingerprint density at radius 1 is 0.955 bits per heavy atom. The molecule has 0 aliphatic heterocycles. The molecular formula is C16H12ClFO4. The largest absolute Gasteiger partial charge is 0.465 e. The summed E-state index contributed by atoms with van der Waals surface area (Å²) >= 11 is 6.04. The molecule has 0 aromatic heterocycles. The highest BCUT2D eigenvalue weighted by Crippen LogP contribution is 2.27. The zero-order chi connectivity index (χ0) is 16.3. The number of carbonyl (C=O) groups is 2.